The Labute approximate surface area is 166 Å². The van der Waals surface area contributed by atoms with Gasteiger partial charge in [-0.1, -0.05) is 6.07 Å². The largest absolute Gasteiger partial charge is 0.416 e. The Bertz CT molecular complexity index is 996. The minimum absolute atomic E-state index is 0.0538. The molecule has 0 spiro atoms. The SMILES string of the molecule is CC(C)(C)NS(=O)(=O)c1ccc(C(=O)NCc2ccc(F)cc2C(F)(F)F)cc1. The molecule has 5 nitrogen and oxygen atoms in total. The second kappa shape index (κ2) is 8.11. The number of carbonyl (C=O) groups is 1. The number of sulfonamides is 1. The number of carbonyl (C=O) groups excluding carboxylic acids is 1. The van der Waals surface area contributed by atoms with Gasteiger partial charge in [-0.25, -0.2) is 17.5 Å². The molecule has 0 fully saturated rings. The van der Waals surface area contributed by atoms with Gasteiger partial charge in [-0.15, -0.1) is 0 Å². The number of hydrogen-bond donors (Lipinski definition) is 2. The minimum atomic E-state index is -4.77. The zero-order valence-electron chi connectivity index (χ0n) is 15.9. The van der Waals surface area contributed by atoms with Crippen molar-refractivity contribution in [2.45, 2.75) is 43.9 Å². The maximum absolute atomic E-state index is 13.1. The summed E-state index contributed by atoms with van der Waals surface area (Å²) in [4.78, 5) is 12.2. The molecule has 0 saturated heterocycles. The van der Waals surface area contributed by atoms with E-state index < -0.39 is 45.6 Å². The van der Waals surface area contributed by atoms with Crippen LogP contribution in [-0.4, -0.2) is 19.9 Å². The molecule has 0 heterocycles. The lowest BCUT2D eigenvalue weighted by Crippen LogP contribution is -2.40. The van der Waals surface area contributed by atoms with E-state index in [0.29, 0.717) is 6.07 Å². The van der Waals surface area contributed by atoms with Crippen LogP contribution in [0.2, 0.25) is 0 Å². The van der Waals surface area contributed by atoms with Gasteiger partial charge in [-0.2, -0.15) is 13.2 Å². The molecule has 2 aromatic carbocycles. The topological polar surface area (TPSA) is 75.3 Å². The summed E-state index contributed by atoms with van der Waals surface area (Å²) < 4.78 is 79.1. The fourth-order valence-electron chi connectivity index (χ4n) is 2.49. The predicted octanol–water partition coefficient (Wildman–Crippen LogP) is 3.85. The third-order valence-corrected chi connectivity index (χ3v) is 5.46. The molecular formula is C19H20F4N2O3S. The van der Waals surface area contributed by atoms with Crippen molar-refractivity contribution in [2.24, 2.45) is 0 Å². The maximum Gasteiger partial charge on any atom is 0.416 e. The molecule has 158 valence electrons. The number of benzene rings is 2. The molecule has 1 amide bonds. The van der Waals surface area contributed by atoms with Gasteiger partial charge in [0.05, 0.1) is 10.5 Å². The van der Waals surface area contributed by atoms with Gasteiger partial charge in [0.1, 0.15) is 5.82 Å². The van der Waals surface area contributed by atoms with Crippen LogP contribution in [0.15, 0.2) is 47.4 Å². The number of rotatable bonds is 5. The summed E-state index contributed by atoms with van der Waals surface area (Å²) in [5, 5.41) is 2.32. The van der Waals surface area contributed by atoms with Crippen LogP contribution in [0.3, 0.4) is 0 Å². The summed E-state index contributed by atoms with van der Waals surface area (Å²) >= 11 is 0. The van der Waals surface area contributed by atoms with Gasteiger partial charge >= 0.3 is 6.18 Å². The lowest BCUT2D eigenvalue weighted by Gasteiger charge is -2.20. The monoisotopic (exact) mass is 432 g/mol. The molecule has 2 aromatic rings. The zero-order chi connectivity index (χ0) is 22.0. The molecule has 0 saturated carbocycles. The Morgan fingerprint density at radius 1 is 1.00 bits per heavy atom. The number of hydrogen-bond acceptors (Lipinski definition) is 3. The van der Waals surface area contributed by atoms with Crippen molar-refractivity contribution in [1.29, 1.82) is 0 Å². The molecule has 0 aliphatic heterocycles. The Morgan fingerprint density at radius 3 is 2.10 bits per heavy atom. The van der Waals surface area contributed by atoms with Crippen molar-refractivity contribution in [3.8, 4) is 0 Å². The first-order valence-electron chi connectivity index (χ1n) is 8.47. The van der Waals surface area contributed by atoms with E-state index in [1.165, 1.54) is 24.3 Å². The average molecular weight is 432 g/mol. The number of alkyl halides is 3. The van der Waals surface area contributed by atoms with E-state index in [2.05, 4.69) is 10.0 Å². The van der Waals surface area contributed by atoms with Crippen LogP contribution in [0.1, 0.15) is 42.3 Å². The molecule has 29 heavy (non-hydrogen) atoms. The number of nitrogens with one attached hydrogen (secondary N) is 2. The lowest BCUT2D eigenvalue weighted by atomic mass is 10.1. The molecule has 0 aliphatic carbocycles. The van der Waals surface area contributed by atoms with Crippen LogP contribution in [0.25, 0.3) is 0 Å². The highest BCUT2D eigenvalue weighted by Gasteiger charge is 2.33. The van der Waals surface area contributed by atoms with Gasteiger partial charge in [0, 0.05) is 17.6 Å². The molecule has 0 atom stereocenters. The summed E-state index contributed by atoms with van der Waals surface area (Å²) in [5.74, 6) is -1.73. The van der Waals surface area contributed by atoms with Crippen molar-refractivity contribution >= 4 is 15.9 Å². The van der Waals surface area contributed by atoms with Gasteiger partial charge in [0.2, 0.25) is 10.0 Å². The molecular weight excluding hydrogens is 412 g/mol. The van der Waals surface area contributed by atoms with Crippen LogP contribution >= 0.6 is 0 Å². The normalized spacial score (nSPS) is 12.7. The van der Waals surface area contributed by atoms with Crippen molar-refractivity contribution < 1.29 is 30.8 Å². The van der Waals surface area contributed by atoms with E-state index in [-0.39, 0.29) is 16.0 Å². The molecule has 0 bridgehead atoms. The van der Waals surface area contributed by atoms with Crippen LogP contribution in [0.5, 0.6) is 0 Å². The fraction of sp³-hybridized carbons (Fsp3) is 0.316. The zero-order valence-corrected chi connectivity index (χ0v) is 16.7. The molecule has 0 aliphatic rings. The third kappa shape index (κ3) is 6.26. The Balaban J connectivity index is 2.14. The highest BCUT2D eigenvalue weighted by molar-refractivity contribution is 7.89. The van der Waals surface area contributed by atoms with E-state index >= 15 is 0 Å². The van der Waals surface area contributed by atoms with Gasteiger partial charge in [0.25, 0.3) is 5.91 Å². The van der Waals surface area contributed by atoms with Crippen LogP contribution in [0.4, 0.5) is 17.6 Å². The van der Waals surface area contributed by atoms with Gasteiger partial charge in [-0.05, 0) is 62.7 Å². The minimum Gasteiger partial charge on any atom is -0.348 e. The molecule has 0 aromatic heterocycles. The molecule has 0 unspecified atom stereocenters. The molecule has 2 N–H and O–H groups in total. The first kappa shape index (κ1) is 22.8. The Hall–Kier alpha value is -2.46. The fourth-order valence-corrected chi connectivity index (χ4v) is 3.91. The van der Waals surface area contributed by atoms with Gasteiger partial charge < -0.3 is 5.32 Å². The van der Waals surface area contributed by atoms with E-state index in [1.807, 2.05) is 0 Å². The number of amides is 1. The Kier molecular flexibility index (Phi) is 6.39. The highest BCUT2D eigenvalue weighted by Crippen LogP contribution is 2.32. The van der Waals surface area contributed by atoms with Crippen LogP contribution in [-0.2, 0) is 22.7 Å². The van der Waals surface area contributed by atoms with Crippen LogP contribution in [0, 0.1) is 5.82 Å². The van der Waals surface area contributed by atoms with Crippen molar-refractivity contribution in [2.75, 3.05) is 0 Å². The van der Waals surface area contributed by atoms with E-state index in [1.54, 1.807) is 20.8 Å². The summed E-state index contributed by atoms with van der Waals surface area (Å²) in [6.07, 6.45) is -4.77. The smallest absolute Gasteiger partial charge is 0.348 e. The highest BCUT2D eigenvalue weighted by atomic mass is 32.2. The van der Waals surface area contributed by atoms with E-state index in [4.69, 9.17) is 0 Å². The van der Waals surface area contributed by atoms with Crippen molar-refractivity contribution in [3.05, 3.63) is 65.0 Å². The second-order valence-corrected chi connectivity index (χ2v) is 9.04. The quantitative estimate of drug-likeness (QED) is 0.705. The lowest BCUT2D eigenvalue weighted by molar-refractivity contribution is -0.138. The predicted molar refractivity (Wildman–Crippen MR) is 99.1 cm³/mol. The van der Waals surface area contributed by atoms with Gasteiger partial charge in [-0.3, -0.25) is 4.79 Å². The number of halogens is 4. The van der Waals surface area contributed by atoms with Gasteiger partial charge in [0.15, 0.2) is 0 Å². The molecule has 10 heteroatoms. The summed E-state index contributed by atoms with van der Waals surface area (Å²) in [7, 11) is -3.78. The maximum atomic E-state index is 13.1. The summed E-state index contributed by atoms with van der Waals surface area (Å²) in [6, 6.07) is 7.14. The van der Waals surface area contributed by atoms with Crippen molar-refractivity contribution in [1.82, 2.24) is 10.0 Å². The Morgan fingerprint density at radius 2 is 1.59 bits per heavy atom. The van der Waals surface area contributed by atoms with E-state index in [9.17, 15) is 30.8 Å². The van der Waals surface area contributed by atoms with Crippen LogP contribution < -0.4 is 10.0 Å². The average Bonchev–Trinajstić information content (AvgIpc) is 2.57. The molecule has 0 radical (unpaired) electrons. The summed E-state index contributed by atoms with van der Waals surface area (Å²) in [5.41, 5.74) is -2.09. The van der Waals surface area contributed by atoms with Crippen molar-refractivity contribution in [3.63, 3.8) is 0 Å². The first-order chi connectivity index (χ1) is 13.2. The summed E-state index contributed by atoms with van der Waals surface area (Å²) in [6.45, 7) is 4.56. The first-order valence-corrected chi connectivity index (χ1v) is 9.95. The van der Waals surface area contributed by atoms with E-state index in [0.717, 1.165) is 12.1 Å². The third-order valence-electron chi connectivity index (χ3n) is 3.68. The standard InChI is InChI=1S/C19H20F4N2O3S/c1-18(2,3)25-29(27,28)15-8-5-12(6-9-15)17(26)24-11-13-4-7-14(20)10-16(13)19(21,22)23/h4-10,25H,11H2,1-3H3,(H,24,26). The second-order valence-electron chi connectivity index (χ2n) is 7.36. The molecule has 2 rings (SSSR count).